The number of benzene rings is 1. The van der Waals surface area contributed by atoms with Gasteiger partial charge < -0.3 is 16.0 Å². The lowest BCUT2D eigenvalue weighted by atomic mass is 9.73. The predicted octanol–water partition coefficient (Wildman–Crippen LogP) is 3.00. The molecular weight excluding hydrogens is 286 g/mol. The van der Waals surface area contributed by atoms with Crippen LogP contribution in [0.15, 0.2) is 18.2 Å². The molecule has 1 atom stereocenters. The number of nitrogens with one attached hydrogen (secondary N) is 3. The summed E-state index contributed by atoms with van der Waals surface area (Å²) < 4.78 is 0. The summed E-state index contributed by atoms with van der Waals surface area (Å²) in [5.74, 6) is 0.182. The van der Waals surface area contributed by atoms with Gasteiger partial charge in [-0.25, -0.2) is 0 Å². The Morgan fingerprint density at radius 3 is 2.43 bits per heavy atom. The van der Waals surface area contributed by atoms with Gasteiger partial charge in [-0.05, 0) is 70.8 Å². The topological polar surface area (TPSA) is 53.2 Å². The zero-order chi connectivity index (χ0) is 16.9. The summed E-state index contributed by atoms with van der Waals surface area (Å²) in [6, 6.07) is 6.49. The number of carbonyl (C=O) groups is 1. The van der Waals surface area contributed by atoms with Crippen molar-refractivity contribution < 1.29 is 4.79 Å². The quantitative estimate of drug-likeness (QED) is 0.756. The fourth-order valence-corrected chi connectivity index (χ4v) is 3.69. The zero-order valence-electron chi connectivity index (χ0n) is 15.0. The largest absolute Gasteiger partial charge is 0.325 e. The molecule has 0 saturated carbocycles. The van der Waals surface area contributed by atoms with Crippen LogP contribution in [0.2, 0.25) is 0 Å². The van der Waals surface area contributed by atoms with Crippen LogP contribution in [-0.2, 0) is 4.79 Å². The van der Waals surface area contributed by atoms with Crippen LogP contribution >= 0.6 is 0 Å². The van der Waals surface area contributed by atoms with E-state index in [2.05, 4.69) is 55.8 Å². The summed E-state index contributed by atoms with van der Waals surface area (Å²) in [5, 5.41) is 10.1. The number of piperidine rings is 1. The van der Waals surface area contributed by atoms with Crippen LogP contribution < -0.4 is 16.0 Å². The van der Waals surface area contributed by atoms with Crippen LogP contribution in [0.5, 0.6) is 0 Å². The maximum absolute atomic E-state index is 13.2. The van der Waals surface area contributed by atoms with Gasteiger partial charge in [0.15, 0.2) is 0 Å². The molecule has 4 nitrogen and oxygen atoms in total. The van der Waals surface area contributed by atoms with Crippen LogP contribution in [0.3, 0.4) is 0 Å². The first-order valence-corrected chi connectivity index (χ1v) is 8.80. The van der Waals surface area contributed by atoms with Crippen molar-refractivity contribution in [2.24, 2.45) is 5.41 Å². The molecule has 1 unspecified atom stereocenters. The molecule has 23 heavy (non-hydrogen) atoms. The Balaban J connectivity index is 2.19. The molecule has 1 aliphatic rings. The molecule has 1 saturated heterocycles. The minimum atomic E-state index is -0.276. The van der Waals surface area contributed by atoms with Crippen LogP contribution in [-0.4, -0.2) is 31.6 Å². The summed E-state index contributed by atoms with van der Waals surface area (Å²) in [7, 11) is 0. The van der Waals surface area contributed by atoms with E-state index < -0.39 is 0 Å². The van der Waals surface area contributed by atoms with Crippen LogP contribution in [0.4, 0.5) is 5.69 Å². The monoisotopic (exact) mass is 317 g/mol. The number of hydrogen-bond donors (Lipinski definition) is 3. The van der Waals surface area contributed by atoms with E-state index in [0.29, 0.717) is 6.04 Å². The van der Waals surface area contributed by atoms with E-state index in [4.69, 9.17) is 0 Å². The van der Waals surface area contributed by atoms with Gasteiger partial charge in [0.05, 0.1) is 5.41 Å². The van der Waals surface area contributed by atoms with Crippen molar-refractivity contribution in [1.29, 1.82) is 0 Å². The van der Waals surface area contributed by atoms with Crippen molar-refractivity contribution in [2.75, 3.05) is 25.0 Å². The van der Waals surface area contributed by atoms with E-state index in [1.165, 1.54) is 0 Å². The second-order valence-corrected chi connectivity index (χ2v) is 6.91. The molecule has 128 valence electrons. The molecule has 1 heterocycles. The van der Waals surface area contributed by atoms with Crippen LogP contribution in [0.25, 0.3) is 0 Å². The van der Waals surface area contributed by atoms with Crippen molar-refractivity contribution in [1.82, 2.24) is 10.6 Å². The molecule has 3 N–H and O–H groups in total. The van der Waals surface area contributed by atoms with Gasteiger partial charge in [-0.1, -0.05) is 25.1 Å². The highest BCUT2D eigenvalue weighted by Gasteiger charge is 2.40. The van der Waals surface area contributed by atoms with Gasteiger partial charge in [0.1, 0.15) is 0 Å². The second-order valence-electron chi connectivity index (χ2n) is 6.91. The third-order valence-corrected chi connectivity index (χ3v) is 5.01. The van der Waals surface area contributed by atoms with Crippen LogP contribution in [0.1, 0.15) is 44.2 Å². The van der Waals surface area contributed by atoms with E-state index in [9.17, 15) is 4.79 Å². The Bertz CT molecular complexity index is 515. The Morgan fingerprint density at radius 2 is 1.87 bits per heavy atom. The molecule has 1 aliphatic heterocycles. The molecule has 1 aromatic rings. The molecule has 0 spiro atoms. The van der Waals surface area contributed by atoms with Crippen molar-refractivity contribution in [3.8, 4) is 0 Å². The standard InChI is InChI=1S/C19H31N3O/c1-5-21-16(4)13-19(9-11-20-12-10-19)18(23)22-17-14(2)7-6-8-15(17)3/h6-8,16,20-21H,5,9-13H2,1-4H3,(H,22,23). The normalized spacial score (nSPS) is 18.4. The highest BCUT2D eigenvalue weighted by molar-refractivity contribution is 5.96. The summed E-state index contributed by atoms with van der Waals surface area (Å²) in [5.41, 5.74) is 2.96. The highest BCUT2D eigenvalue weighted by atomic mass is 16.2. The fraction of sp³-hybridized carbons (Fsp3) is 0.632. The van der Waals surface area contributed by atoms with Crippen molar-refractivity contribution >= 4 is 11.6 Å². The molecule has 0 aliphatic carbocycles. The molecular formula is C19H31N3O. The molecule has 0 radical (unpaired) electrons. The van der Waals surface area contributed by atoms with E-state index in [1.54, 1.807) is 0 Å². The number of anilines is 1. The summed E-state index contributed by atoms with van der Waals surface area (Å²) in [4.78, 5) is 13.2. The Morgan fingerprint density at radius 1 is 1.26 bits per heavy atom. The van der Waals surface area contributed by atoms with Crippen molar-refractivity contribution in [2.45, 2.75) is 53.0 Å². The average molecular weight is 317 g/mol. The number of para-hydroxylation sites is 1. The lowest BCUT2D eigenvalue weighted by molar-refractivity contribution is -0.127. The minimum absolute atomic E-state index is 0.182. The van der Waals surface area contributed by atoms with Crippen LogP contribution in [0, 0.1) is 19.3 Å². The molecule has 1 amide bonds. The maximum Gasteiger partial charge on any atom is 0.230 e. The van der Waals surface area contributed by atoms with E-state index in [1.807, 2.05) is 6.07 Å². The summed E-state index contributed by atoms with van der Waals surface area (Å²) in [6.45, 7) is 11.2. The first-order chi connectivity index (χ1) is 11.0. The van der Waals surface area contributed by atoms with Gasteiger partial charge in [0.2, 0.25) is 5.91 Å². The summed E-state index contributed by atoms with van der Waals surface area (Å²) >= 11 is 0. The lowest BCUT2D eigenvalue weighted by Crippen LogP contribution is -2.48. The van der Waals surface area contributed by atoms with Gasteiger partial charge in [0, 0.05) is 11.7 Å². The average Bonchev–Trinajstić information content (AvgIpc) is 2.52. The minimum Gasteiger partial charge on any atom is -0.325 e. The van der Waals surface area contributed by atoms with Gasteiger partial charge in [-0.3, -0.25) is 4.79 Å². The SMILES string of the molecule is CCNC(C)CC1(C(=O)Nc2c(C)cccc2C)CCNCC1. The lowest BCUT2D eigenvalue weighted by Gasteiger charge is -2.38. The molecule has 2 rings (SSSR count). The Hall–Kier alpha value is -1.39. The van der Waals surface area contributed by atoms with Gasteiger partial charge in [-0.15, -0.1) is 0 Å². The van der Waals surface area contributed by atoms with E-state index >= 15 is 0 Å². The predicted molar refractivity (Wildman–Crippen MR) is 96.8 cm³/mol. The molecule has 1 aromatic carbocycles. The molecule has 0 bridgehead atoms. The highest BCUT2D eigenvalue weighted by Crippen LogP contribution is 2.36. The van der Waals surface area contributed by atoms with Gasteiger partial charge in [-0.2, -0.15) is 0 Å². The van der Waals surface area contributed by atoms with Crippen molar-refractivity contribution in [3.63, 3.8) is 0 Å². The van der Waals surface area contributed by atoms with Gasteiger partial charge in [0.25, 0.3) is 0 Å². The number of amides is 1. The molecule has 0 aromatic heterocycles. The van der Waals surface area contributed by atoms with Crippen molar-refractivity contribution in [3.05, 3.63) is 29.3 Å². The zero-order valence-corrected chi connectivity index (χ0v) is 15.0. The number of aryl methyl sites for hydroxylation is 2. The Labute approximate surface area is 140 Å². The first kappa shape index (κ1) is 18.0. The summed E-state index contributed by atoms with van der Waals surface area (Å²) in [6.07, 6.45) is 2.69. The van der Waals surface area contributed by atoms with E-state index in [-0.39, 0.29) is 11.3 Å². The first-order valence-electron chi connectivity index (χ1n) is 8.80. The fourth-order valence-electron chi connectivity index (χ4n) is 3.69. The molecule has 1 fully saturated rings. The number of carbonyl (C=O) groups excluding carboxylic acids is 1. The van der Waals surface area contributed by atoms with Gasteiger partial charge >= 0.3 is 0 Å². The maximum atomic E-state index is 13.2. The third kappa shape index (κ3) is 4.33. The third-order valence-electron chi connectivity index (χ3n) is 5.01. The number of hydrogen-bond acceptors (Lipinski definition) is 3. The smallest absolute Gasteiger partial charge is 0.230 e. The van der Waals surface area contributed by atoms with E-state index in [0.717, 1.165) is 55.7 Å². The second kappa shape index (κ2) is 7.93. The Kier molecular flexibility index (Phi) is 6.19. The molecule has 4 heteroatoms. The number of rotatable bonds is 6.